The molecule has 0 saturated heterocycles. The predicted octanol–water partition coefficient (Wildman–Crippen LogP) is 2.29. The molecule has 16 heavy (non-hydrogen) atoms. The first kappa shape index (κ1) is 12.7. The van der Waals surface area contributed by atoms with Crippen LogP contribution in [0.1, 0.15) is 31.9 Å². The van der Waals surface area contributed by atoms with E-state index in [2.05, 4.69) is 12.2 Å². The Morgan fingerprint density at radius 2 is 2.00 bits per heavy atom. The van der Waals surface area contributed by atoms with Gasteiger partial charge in [-0.25, -0.2) is 4.79 Å². The van der Waals surface area contributed by atoms with E-state index in [0.717, 1.165) is 18.5 Å². The fourth-order valence-electron chi connectivity index (χ4n) is 1.50. The van der Waals surface area contributed by atoms with Crippen molar-refractivity contribution in [2.45, 2.75) is 26.3 Å². The van der Waals surface area contributed by atoms with Crippen LogP contribution in [0.25, 0.3) is 0 Å². The Labute approximate surface area is 96.8 Å². The van der Waals surface area contributed by atoms with Crippen molar-refractivity contribution in [3.05, 3.63) is 35.9 Å². The van der Waals surface area contributed by atoms with E-state index < -0.39 is 0 Å². The summed E-state index contributed by atoms with van der Waals surface area (Å²) >= 11 is 0. The number of hydrogen-bond acceptors (Lipinski definition) is 3. The average Bonchev–Trinajstić information content (AvgIpc) is 2.31. The topological polar surface area (TPSA) is 38.3 Å². The molecule has 0 spiro atoms. The molecule has 0 amide bonds. The minimum atomic E-state index is -0.346. The summed E-state index contributed by atoms with van der Waals surface area (Å²) in [5, 5.41) is 3.20. The third kappa shape index (κ3) is 3.66. The maximum atomic E-state index is 11.8. The Morgan fingerprint density at radius 3 is 2.56 bits per heavy atom. The lowest BCUT2D eigenvalue weighted by molar-refractivity contribution is -0.145. The zero-order valence-electron chi connectivity index (χ0n) is 9.90. The number of carbonyl (C=O) groups is 1. The van der Waals surface area contributed by atoms with Gasteiger partial charge in [-0.3, -0.25) is 0 Å². The highest BCUT2D eigenvalue weighted by Crippen LogP contribution is 2.14. The van der Waals surface area contributed by atoms with Crippen molar-refractivity contribution in [2.75, 3.05) is 13.2 Å². The fourth-order valence-corrected chi connectivity index (χ4v) is 1.50. The molecule has 88 valence electrons. The van der Waals surface area contributed by atoms with Crippen LogP contribution >= 0.6 is 0 Å². The molecule has 3 nitrogen and oxygen atoms in total. The third-order valence-corrected chi connectivity index (χ3v) is 2.25. The van der Waals surface area contributed by atoms with Crippen LogP contribution in [0.3, 0.4) is 0 Å². The summed E-state index contributed by atoms with van der Waals surface area (Å²) < 4.78 is 5.05. The Hall–Kier alpha value is -1.35. The van der Waals surface area contributed by atoms with Crippen LogP contribution in [-0.4, -0.2) is 19.1 Å². The maximum absolute atomic E-state index is 11.8. The van der Waals surface area contributed by atoms with Crippen LogP contribution in [-0.2, 0) is 9.53 Å². The van der Waals surface area contributed by atoms with Gasteiger partial charge in [-0.2, -0.15) is 0 Å². The summed E-state index contributed by atoms with van der Waals surface area (Å²) in [6.45, 7) is 5.11. The first-order chi connectivity index (χ1) is 7.79. The molecular weight excluding hydrogens is 202 g/mol. The molecule has 0 aromatic heterocycles. The number of carbonyl (C=O) groups excluding carboxylic acids is 1. The van der Waals surface area contributed by atoms with Crippen LogP contribution in [0, 0.1) is 0 Å². The summed E-state index contributed by atoms with van der Waals surface area (Å²) in [4.78, 5) is 11.8. The van der Waals surface area contributed by atoms with E-state index in [0.29, 0.717) is 6.61 Å². The first-order valence-corrected chi connectivity index (χ1v) is 5.74. The molecule has 0 aliphatic rings. The minimum absolute atomic E-state index is 0.206. The van der Waals surface area contributed by atoms with Crippen LogP contribution in [0.4, 0.5) is 0 Å². The van der Waals surface area contributed by atoms with Crippen molar-refractivity contribution in [1.82, 2.24) is 5.32 Å². The molecule has 0 radical (unpaired) electrons. The highest BCUT2D eigenvalue weighted by atomic mass is 16.5. The molecule has 1 aromatic carbocycles. The summed E-state index contributed by atoms with van der Waals surface area (Å²) in [7, 11) is 0. The highest BCUT2D eigenvalue weighted by Gasteiger charge is 2.20. The molecule has 0 fully saturated rings. The van der Waals surface area contributed by atoms with Crippen molar-refractivity contribution in [1.29, 1.82) is 0 Å². The van der Waals surface area contributed by atoms with Gasteiger partial charge < -0.3 is 10.1 Å². The van der Waals surface area contributed by atoms with E-state index in [1.807, 2.05) is 37.3 Å². The monoisotopic (exact) mass is 221 g/mol. The summed E-state index contributed by atoms with van der Waals surface area (Å²) in [6.07, 6.45) is 0.989. The van der Waals surface area contributed by atoms with Gasteiger partial charge in [0.25, 0.3) is 0 Å². The highest BCUT2D eigenvalue weighted by molar-refractivity contribution is 5.77. The fraction of sp³-hybridized carbons (Fsp3) is 0.462. The van der Waals surface area contributed by atoms with E-state index in [1.54, 1.807) is 0 Å². The SMILES string of the molecule is CCCNC(C(=O)OCC)c1ccccc1. The average molecular weight is 221 g/mol. The minimum Gasteiger partial charge on any atom is -0.465 e. The van der Waals surface area contributed by atoms with E-state index >= 15 is 0 Å². The van der Waals surface area contributed by atoms with E-state index in [1.165, 1.54) is 0 Å². The van der Waals surface area contributed by atoms with Gasteiger partial charge in [-0.1, -0.05) is 37.3 Å². The number of hydrogen-bond donors (Lipinski definition) is 1. The largest absolute Gasteiger partial charge is 0.465 e. The number of nitrogens with one attached hydrogen (secondary N) is 1. The van der Waals surface area contributed by atoms with Gasteiger partial charge in [0.15, 0.2) is 0 Å². The zero-order chi connectivity index (χ0) is 11.8. The molecule has 0 aliphatic carbocycles. The first-order valence-electron chi connectivity index (χ1n) is 5.74. The van der Waals surface area contributed by atoms with Gasteiger partial charge in [0.1, 0.15) is 6.04 Å². The van der Waals surface area contributed by atoms with E-state index in [4.69, 9.17) is 4.74 Å². The molecule has 1 N–H and O–H groups in total. The lowest BCUT2D eigenvalue weighted by Crippen LogP contribution is -2.30. The third-order valence-electron chi connectivity index (χ3n) is 2.25. The second-order valence-electron chi connectivity index (χ2n) is 3.55. The van der Waals surface area contributed by atoms with Crippen LogP contribution < -0.4 is 5.32 Å². The summed E-state index contributed by atoms with van der Waals surface area (Å²) in [5.41, 5.74) is 0.953. The normalized spacial score (nSPS) is 12.1. The predicted molar refractivity (Wildman–Crippen MR) is 64.1 cm³/mol. The smallest absolute Gasteiger partial charge is 0.327 e. The van der Waals surface area contributed by atoms with Crippen molar-refractivity contribution in [3.8, 4) is 0 Å². The standard InChI is InChI=1S/C13H19NO2/c1-3-10-14-12(13(15)16-4-2)11-8-6-5-7-9-11/h5-9,12,14H,3-4,10H2,1-2H3. The lowest BCUT2D eigenvalue weighted by Gasteiger charge is -2.17. The molecule has 0 heterocycles. The van der Waals surface area contributed by atoms with Gasteiger partial charge in [-0.15, -0.1) is 0 Å². The van der Waals surface area contributed by atoms with Crippen LogP contribution in [0.5, 0.6) is 0 Å². The molecule has 0 bridgehead atoms. The van der Waals surface area contributed by atoms with Gasteiger partial charge in [0.2, 0.25) is 0 Å². The number of esters is 1. The van der Waals surface area contributed by atoms with Crippen molar-refractivity contribution in [2.24, 2.45) is 0 Å². The molecule has 1 rings (SSSR count). The Morgan fingerprint density at radius 1 is 1.31 bits per heavy atom. The van der Waals surface area contributed by atoms with Crippen molar-refractivity contribution < 1.29 is 9.53 Å². The van der Waals surface area contributed by atoms with Crippen LogP contribution in [0.15, 0.2) is 30.3 Å². The van der Waals surface area contributed by atoms with Gasteiger partial charge in [0.05, 0.1) is 6.61 Å². The van der Waals surface area contributed by atoms with E-state index in [9.17, 15) is 4.79 Å². The van der Waals surface area contributed by atoms with Crippen LogP contribution in [0.2, 0.25) is 0 Å². The van der Waals surface area contributed by atoms with Crippen molar-refractivity contribution in [3.63, 3.8) is 0 Å². The van der Waals surface area contributed by atoms with Gasteiger partial charge in [0, 0.05) is 0 Å². The van der Waals surface area contributed by atoms with E-state index in [-0.39, 0.29) is 12.0 Å². The van der Waals surface area contributed by atoms with Gasteiger partial charge >= 0.3 is 5.97 Å². The Bertz CT molecular complexity index is 311. The molecule has 3 heteroatoms. The molecule has 0 saturated carbocycles. The molecule has 1 unspecified atom stereocenters. The summed E-state index contributed by atoms with van der Waals surface area (Å²) in [5.74, 6) is -0.206. The molecular formula is C13H19NO2. The van der Waals surface area contributed by atoms with Gasteiger partial charge in [-0.05, 0) is 25.5 Å². The number of ether oxygens (including phenoxy) is 1. The van der Waals surface area contributed by atoms with Crippen molar-refractivity contribution >= 4 is 5.97 Å². The maximum Gasteiger partial charge on any atom is 0.327 e. The Balaban J connectivity index is 2.74. The second kappa shape index (κ2) is 7.01. The lowest BCUT2D eigenvalue weighted by atomic mass is 10.1. The number of benzene rings is 1. The number of rotatable bonds is 6. The molecule has 1 atom stereocenters. The Kier molecular flexibility index (Phi) is 5.57. The quantitative estimate of drug-likeness (QED) is 0.749. The molecule has 1 aromatic rings. The zero-order valence-corrected chi connectivity index (χ0v) is 9.90. The second-order valence-corrected chi connectivity index (χ2v) is 3.55. The summed E-state index contributed by atoms with van der Waals surface area (Å²) in [6, 6.07) is 9.31. The molecule has 0 aliphatic heterocycles.